The van der Waals surface area contributed by atoms with Gasteiger partial charge in [-0.3, -0.25) is 9.69 Å². The molecule has 0 radical (unpaired) electrons. The van der Waals surface area contributed by atoms with Gasteiger partial charge in [0.1, 0.15) is 5.54 Å². The Morgan fingerprint density at radius 1 is 1.64 bits per heavy atom. The summed E-state index contributed by atoms with van der Waals surface area (Å²) < 4.78 is 0. The maximum atomic E-state index is 11.0. The molecule has 78 valence electrons. The van der Waals surface area contributed by atoms with E-state index in [1.54, 1.807) is 25.2 Å². The number of hydrogen-bond donors (Lipinski definition) is 1. The maximum Gasteiger partial charge on any atom is 0.323 e. The minimum atomic E-state index is -0.818. The van der Waals surface area contributed by atoms with E-state index in [9.17, 15) is 4.79 Å². The molecule has 0 saturated carbocycles. The van der Waals surface area contributed by atoms with Gasteiger partial charge >= 0.3 is 5.97 Å². The molecule has 0 saturated heterocycles. The lowest BCUT2D eigenvalue weighted by atomic mass is 10.0. The zero-order valence-electron chi connectivity index (χ0n) is 8.65. The molecule has 0 bridgehead atoms. The van der Waals surface area contributed by atoms with Crippen molar-refractivity contribution in [2.75, 3.05) is 7.05 Å². The number of carboxylic acids is 1. The third-order valence-electron chi connectivity index (χ3n) is 2.48. The number of carboxylic acid groups (broad SMARTS) is 1. The molecule has 1 rings (SSSR count). The Bertz CT molecular complexity index is 306. The number of rotatable bonds is 4. The van der Waals surface area contributed by atoms with Crippen LogP contribution < -0.4 is 0 Å². The monoisotopic (exact) mass is 213 g/mol. The average Bonchev–Trinajstić information content (AvgIpc) is 2.56. The number of likely N-dealkylation sites (N-methyl/N-ethyl adjacent to an activating group) is 1. The van der Waals surface area contributed by atoms with E-state index in [-0.39, 0.29) is 0 Å². The van der Waals surface area contributed by atoms with E-state index in [0.717, 1.165) is 5.56 Å². The zero-order chi connectivity index (χ0) is 10.8. The first-order valence-corrected chi connectivity index (χ1v) is 5.34. The average molecular weight is 213 g/mol. The highest BCUT2D eigenvalue weighted by atomic mass is 32.1. The fourth-order valence-electron chi connectivity index (χ4n) is 1.02. The first-order chi connectivity index (χ1) is 6.44. The van der Waals surface area contributed by atoms with Gasteiger partial charge in [0.05, 0.1) is 0 Å². The van der Waals surface area contributed by atoms with E-state index in [1.807, 2.05) is 28.8 Å². The van der Waals surface area contributed by atoms with Crippen LogP contribution in [-0.2, 0) is 11.3 Å². The molecule has 14 heavy (non-hydrogen) atoms. The Balaban J connectivity index is 2.67. The molecule has 0 unspecified atom stereocenters. The van der Waals surface area contributed by atoms with Crippen molar-refractivity contribution in [3.63, 3.8) is 0 Å². The smallest absolute Gasteiger partial charge is 0.323 e. The van der Waals surface area contributed by atoms with E-state index in [4.69, 9.17) is 5.11 Å². The number of carbonyl (C=O) groups is 1. The summed E-state index contributed by atoms with van der Waals surface area (Å²) in [7, 11) is 1.83. The number of aliphatic carboxylic acids is 1. The summed E-state index contributed by atoms with van der Waals surface area (Å²) in [5, 5.41) is 13.0. The second-order valence-electron chi connectivity index (χ2n) is 3.85. The van der Waals surface area contributed by atoms with Crippen LogP contribution in [0, 0.1) is 0 Å². The van der Waals surface area contributed by atoms with Crippen LogP contribution in [0.2, 0.25) is 0 Å². The molecule has 0 spiro atoms. The highest BCUT2D eigenvalue weighted by Crippen LogP contribution is 2.17. The van der Waals surface area contributed by atoms with Crippen molar-refractivity contribution in [3.8, 4) is 0 Å². The number of hydrogen-bond acceptors (Lipinski definition) is 3. The Morgan fingerprint density at radius 2 is 2.29 bits per heavy atom. The highest BCUT2D eigenvalue weighted by Gasteiger charge is 2.31. The van der Waals surface area contributed by atoms with Gasteiger partial charge < -0.3 is 5.11 Å². The van der Waals surface area contributed by atoms with Gasteiger partial charge in [-0.25, -0.2) is 0 Å². The molecule has 1 N–H and O–H groups in total. The lowest BCUT2D eigenvalue weighted by molar-refractivity contribution is -0.148. The predicted octanol–water partition coefficient (Wildman–Crippen LogP) is 2.04. The summed E-state index contributed by atoms with van der Waals surface area (Å²) >= 11 is 1.63. The molecule has 0 amide bonds. The van der Waals surface area contributed by atoms with E-state index < -0.39 is 11.5 Å². The first-order valence-electron chi connectivity index (χ1n) is 4.40. The molecule has 1 heterocycles. The van der Waals surface area contributed by atoms with Crippen molar-refractivity contribution in [2.45, 2.75) is 25.9 Å². The van der Waals surface area contributed by atoms with Crippen molar-refractivity contribution in [2.24, 2.45) is 0 Å². The van der Waals surface area contributed by atoms with Gasteiger partial charge in [0.15, 0.2) is 0 Å². The van der Waals surface area contributed by atoms with Gasteiger partial charge in [-0.1, -0.05) is 0 Å². The summed E-state index contributed by atoms with van der Waals surface area (Å²) in [5.74, 6) is -0.796. The van der Waals surface area contributed by atoms with Crippen LogP contribution in [0.15, 0.2) is 16.8 Å². The number of thiophene rings is 1. The zero-order valence-corrected chi connectivity index (χ0v) is 9.47. The van der Waals surface area contributed by atoms with Crippen molar-refractivity contribution >= 4 is 17.3 Å². The molecule has 4 heteroatoms. The quantitative estimate of drug-likeness (QED) is 0.832. The first kappa shape index (κ1) is 11.2. The summed E-state index contributed by atoms with van der Waals surface area (Å²) in [6.07, 6.45) is 0. The summed E-state index contributed by atoms with van der Waals surface area (Å²) in [4.78, 5) is 12.8. The third-order valence-corrected chi connectivity index (χ3v) is 3.21. The summed E-state index contributed by atoms with van der Waals surface area (Å²) in [5.41, 5.74) is 0.342. The SMILES string of the molecule is CN(Cc1ccsc1)C(C)(C)C(=O)O. The van der Waals surface area contributed by atoms with Gasteiger partial charge in [-0.05, 0) is 43.3 Å². The van der Waals surface area contributed by atoms with Gasteiger partial charge in [-0.15, -0.1) is 0 Å². The van der Waals surface area contributed by atoms with Crippen molar-refractivity contribution in [3.05, 3.63) is 22.4 Å². The standard InChI is InChI=1S/C10H15NO2S/c1-10(2,9(12)13)11(3)6-8-4-5-14-7-8/h4-5,7H,6H2,1-3H3,(H,12,13). The molecule has 0 aliphatic carbocycles. The van der Waals surface area contributed by atoms with Crippen LogP contribution in [0.1, 0.15) is 19.4 Å². The van der Waals surface area contributed by atoms with E-state index >= 15 is 0 Å². The van der Waals surface area contributed by atoms with E-state index in [2.05, 4.69) is 0 Å². The van der Waals surface area contributed by atoms with E-state index in [0.29, 0.717) is 6.54 Å². The fourth-order valence-corrected chi connectivity index (χ4v) is 1.68. The molecule has 0 atom stereocenters. The molecule has 0 aliphatic rings. The minimum absolute atomic E-state index is 0.669. The van der Waals surface area contributed by atoms with Crippen LogP contribution in [0.4, 0.5) is 0 Å². The second kappa shape index (κ2) is 4.11. The normalized spacial score (nSPS) is 12.0. The van der Waals surface area contributed by atoms with E-state index in [1.165, 1.54) is 0 Å². The fraction of sp³-hybridized carbons (Fsp3) is 0.500. The largest absolute Gasteiger partial charge is 0.480 e. The van der Waals surface area contributed by atoms with Gasteiger partial charge in [-0.2, -0.15) is 11.3 Å². The molecule has 1 aromatic rings. The molecule has 0 fully saturated rings. The lowest BCUT2D eigenvalue weighted by Crippen LogP contribution is -2.47. The predicted molar refractivity (Wildman–Crippen MR) is 57.5 cm³/mol. The van der Waals surface area contributed by atoms with Crippen molar-refractivity contribution < 1.29 is 9.90 Å². The summed E-state index contributed by atoms with van der Waals surface area (Å²) in [6, 6.07) is 2.01. The second-order valence-corrected chi connectivity index (χ2v) is 4.63. The number of nitrogens with zero attached hydrogens (tertiary/aromatic N) is 1. The van der Waals surface area contributed by atoms with Crippen molar-refractivity contribution in [1.82, 2.24) is 4.90 Å². The minimum Gasteiger partial charge on any atom is -0.480 e. The molecular formula is C10H15NO2S. The van der Waals surface area contributed by atoms with Gasteiger partial charge in [0.2, 0.25) is 0 Å². The van der Waals surface area contributed by atoms with Crippen LogP contribution in [0.25, 0.3) is 0 Å². The van der Waals surface area contributed by atoms with Crippen LogP contribution in [-0.4, -0.2) is 28.6 Å². The molecular weight excluding hydrogens is 198 g/mol. The Kier molecular flexibility index (Phi) is 3.29. The molecule has 0 aromatic carbocycles. The highest BCUT2D eigenvalue weighted by molar-refractivity contribution is 7.07. The third kappa shape index (κ3) is 2.33. The molecule has 0 aliphatic heterocycles. The Morgan fingerprint density at radius 3 is 2.71 bits per heavy atom. The maximum absolute atomic E-state index is 11.0. The van der Waals surface area contributed by atoms with Gasteiger partial charge in [0.25, 0.3) is 0 Å². The van der Waals surface area contributed by atoms with Crippen LogP contribution >= 0.6 is 11.3 Å². The topological polar surface area (TPSA) is 40.5 Å². The Hall–Kier alpha value is -0.870. The molecule has 3 nitrogen and oxygen atoms in total. The lowest BCUT2D eigenvalue weighted by Gasteiger charge is -2.31. The summed E-state index contributed by atoms with van der Waals surface area (Å²) in [6.45, 7) is 4.09. The van der Waals surface area contributed by atoms with Crippen LogP contribution in [0.5, 0.6) is 0 Å². The molecule has 1 aromatic heterocycles. The van der Waals surface area contributed by atoms with Crippen LogP contribution in [0.3, 0.4) is 0 Å². The Labute approximate surface area is 88.0 Å². The van der Waals surface area contributed by atoms with Gasteiger partial charge in [0, 0.05) is 6.54 Å². The van der Waals surface area contributed by atoms with Crippen molar-refractivity contribution in [1.29, 1.82) is 0 Å².